The first-order valence-electron chi connectivity index (χ1n) is 10.2. The molecule has 1 saturated heterocycles. The first-order valence-corrected chi connectivity index (χ1v) is 11.1. The van der Waals surface area contributed by atoms with Crippen LogP contribution in [0.4, 0.5) is 13.2 Å². The highest BCUT2D eigenvalue weighted by molar-refractivity contribution is 7.19. The Hall–Kier alpha value is -1.84. The van der Waals surface area contributed by atoms with Crippen LogP contribution in [-0.4, -0.2) is 61.9 Å². The third kappa shape index (κ3) is 6.85. The minimum atomic E-state index is -4.12. The van der Waals surface area contributed by atoms with E-state index in [9.17, 15) is 18.3 Å². The Kier molecular flexibility index (Phi) is 7.96. The Morgan fingerprint density at radius 1 is 1.27 bits per heavy atom. The van der Waals surface area contributed by atoms with Crippen molar-refractivity contribution in [1.82, 2.24) is 15.5 Å². The van der Waals surface area contributed by atoms with Gasteiger partial charge in [-0.05, 0) is 55.8 Å². The van der Waals surface area contributed by atoms with E-state index in [-0.39, 0.29) is 0 Å². The third-order valence-corrected chi connectivity index (χ3v) is 6.63. The molecule has 3 N–H and O–H groups in total. The minimum absolute atomic E-state index is 0.350. The van der Waals surface area contributed by atoms with Crippen LogP contribution in [0.3, 0.4) is 0 Å². The molecule has 3 rings (SSSR count). The molecule has 0 saturated carbocycles. The van der Waals surface area contributed by atoms with E-state index in [1.165, 1.54) is 4.90 Å². The monoisotopic (exact) mass is 442 g/mol. The number of aliphatic hydroxyl groups is 1. The molecule has 2 heterocycles. The van der Waals surface area contributed by atoms with Gasteiger partial charge in [0.25, 0.3) is 0 Å². The van der Waals surface area contributed by atoms with Crippen molar-refractivity contribution >= 4 is 27.4 Å². The van der Waals surface area contributed by atoms with Crippen LogP contribution in [0.2, 0.25) is 0 Å². The van der Waals surface area contributed by atoms with Crippen LogP contribution < -0.4 is 10.6 Å². The molecule has 30 heavy (non-hydrogen) atoms. The van der Waals surface area contributed by atoms with Gasteiger partial charge in [0.2, 0.25) is 0 Å². The summed E-state index contributed by atoms with van der Waals surface area (Å²) >= 11 is 1.58. The Balaban J connectivity index is 1.36. The molecule has 0 radical (unpaired) electrons. The van der Waals surface area contributed by atoms with Crippen molar-refractivity contribution in [3.8, 4) is 0 Å². The van der Waals surface area contributed by atoms with Gasteiger partial charge < -0.3 is 15.7 Å². The maximum atomic E-state index is 12.5. The summed E-state index contributed by atoms with van der Waals surface area (Å²) in [5.41, 5.74) is 0. The number of halogens is 3. The van der Waals surface area contributed by atoms with Crippen molar-refractivity contribution in [2.75, 3.05) is 39.8 Å². The van der Waals surface area contributed by atoms with Crippen LogP contribution >= 0.6 is 11.3 Å². The van der Waals surface area contributed by atoms with Gasteiger partial charge in [0.1, 0.15) is 6.10 Å². The zero-order valence-electron chi connectivity index (χ0n) is 17.1. The van der Waals surface area contributed by atoms with Crippen molar-refractivity contribution in [3.63, 3.8) is 0 Å². The number of fused-ring (bicyclic) bond motifs is 1. The number of guanidine groups is 1. The van der Waals surface area contributed by atoms with Gasteiger partial charge in [0.15, 0.2) is 5.96 Å². The summed E-state index contributed by atoms with van der Waals surface area (Å²) in [4.78, 5) is 6.58. The van der Waals surface area contributed by atoms with Crippen molar-refractivity contribution in [2.45, 2.75) is 31.5 Å². The number of hydrogen-bond donors (Lipinski definition) is 3. The van der Waals surface area contributed by atoms with Gasteiger partial charge >= 0.3 is 6.18 Å². The Morgan fingerprint density at radius 3 is 2.67 bits per heavy atom. The quantitative estimate of drug-likeness (QED) is 0.451. The fourth-order valence-electron chi connectivity index (χ4n) is 3.76. The number of hydrogen-bond acceptors (Lipinski definition) is 4. The summed E-state index contributed by atoms with van der Waals surface area (Å²) in [7, 11) is 1.68. The molecule has 166 valence electrons. The zero-order chi connectivity index (χ0) is 21.6. The standard InChI is InChI=1S/C21H29F3N4OS/c1-25-20(26-9-6-15-7-10-28(11-8-15)14-21(22,23)24)27-13-17(29)19-12-16-4-2-3-5-18(16)30-19/h2-5,12,15,17,29H,6-11,13-14H2,1H3,(H2,25,26,27). The number of alkyl halides is 3. The summed E-state index contributed by atoms with van der Waals surface area (Å²) in [5, 5.41) is 18.0. The van der Waals surface area contributed by atoms with Crippen LogP contribution in [0, 0.1) is 5.92 Å². The number of likely N-dealkylation sites (tertiary alicyclic amines) is 1. The summed E-state index contributed by atoms with van der Waals surface area (Å²) in [6, 6.07) is 10.0. The van der Waals surface area contributed by atoms with Crippen LogP contribution in [0.25, 0.3) is 10.1 Å². The van der Waals surface area contributed by atoms with E-state index in [0.717, 1.165) is 34.2 Å². The molecule has 5 nitrogen and oxygen atoms in total. The van der Waals surface area contributed by atoms with E-state index in [0.29, 0.717) is 38.1 Å². The highest BCUT2D eigenvalue weighted by atomic mass is 32.1. The van der Waals surface area contributed by atoms with E-state index < -0.39 is 18.8 Å². The van der Waals surface area contributed by atoms with Crippen LogP contribution in [-0.2, 0) is 0 Å². The van der Waals surface area contributed by atoms with Crippen LogP contribution in [0.5, 0.6) is 0 Å². The third-order valence-electron chi connectivity index (χ3n) is 5.41. The number of thiophene rings is 1. The molecule has 1 unspecified atom stereocenters. The molecule has 0 amide bonds. The van der Waals surface area contributed by atoms with Gasteiger partial charge in [0.05, 0.1) is 6.54 Å². The molecule has 1 aromatic carbocycles. The lowest BCUT2D eigenvalue weighted by Crippen LogP contribution is -2.42. The van der Waals surface area contributed by atoms with E-state index in [4.69, 9.17) is 0 Å². The van der Waals surface area contributed by atoms with Gasteiger partial charge in [-0.25, -0.2) is 0 Å². The summed E-state index contributed by atoms with van der Waals surface area (Å²) in [6.45, 7) is 1.23. The Bertz CT molecular complexity index is 798. The van der Waals surface area contributed by atoms with E-state index in [2.05, 4.69) is 15.6 Å². The van der Waals surface area contributed by atoms with E-state index in [1.807, 2.05) is 30.3 Å². The highest BCUT2D eigenvalue weighted by Crippen LogP contribution is 2.29. The molecule has 0 bridgehead atoms. The average molecular weight is 443 g/mol. The van der Waals surface area contributed by atoms with E-state index >= 15 is 0 Å². The minimum Gasteiger partial charge on any atom is -0.386 e. The maximum absolute atomic E-state index is 12.5. The topological polar surface area (TPSA) is 59.9 Å². The molecule has 0 spiro atoms. The van der Waals surface area contributed by atoms with Crippen molar-refractivity contribution in [2.24, 2.45) is 10.9 Å². The highest BCUT2D eigenvalue weighted by Gasteiger charge is 2.32. The molecule has 1 fully saturated rings. The van der Waals surface area contributed by atoms with E-state index in [1.54, 1.807) is 18.4 Å². The predicted molar refractivity (Wildman–Crippen MR) is 116 cm³/mol. The number of rotatable bonds is 7. The SMILES string of the molecule is CN=C(NCCC1CCN(CC(F)(F)F)CC1)NCC(O)c1cc2ccccc2s1. The molecule has 0 aliphatic carbocycles. The molecule has 2 aromatic rings. The second-order valence-electron chi connectivity index (χ2n) is 7.71. The first kappa shape index (κ1) is 22.8. The van der Waals surface area contributed by atoms with Gasteiger partial charge in [-0.2, -0.15) is 13.2 Å². The number of aliphatic imine (C=N–C) groups is 1. The van der Waals surface area contributed by atoms with Gasteiger partial charge in [-0.3, -0.25) is 9.89 Å². The average Bonchev–Trinajstić information content (AvgIpc) is 3.15. The molecule has 9 heteroatoms. The van der Waals surface area contributed by atoms with Crippen molar-refractivity contribution in [1.29, 1.82) is 0 Å². The predicted octanol–water partition coefficient (Wildman–Crippen LogP) is 3.76. The second kappa shape index (κ2) is 10.5. The van der Waals surface area contributed by atoms with Crippen molar-refractivity contribution < 1.29 is 18.3 Å². The number of nitrogens with zero attached hydrogens (tertiary/aromatic N) is 2. The number of aliphatic hydroxyl groups excluding tert-OH is 1. The number of nitrogens with one attached hydrogen (secondary N) is 2. The van der Waals surface area contributed by atoms with Crippen molar-refractivity contribution in [3.05, 3.63) is 35.2 Å². The van der Waals surface area contributed by atoms with Gasteiger partial charge in [-0.15, -0.1) is 11.3 Å². The fraction of sp³-hybridized carbons (Fsp3) is 0.571. The second-order valence-corrected chi connectivity index (χ2v) is 8.82. The Labute approximate surface area is 179 Å². The summed E-state index contributed by atoms with van der Waals surface area (Å²) in [5.74, 6) is 1.04. The zero-order valence-corrected chi connectivity index (χ0v) is 17.9. The molecule has 1 aliphatic heterocycles. The molecule has 1 atom stereocenters. The van der Waals surface area contributed by atoms with Gasteiger partial charge in [-0.1, -0.05) is 18.2 Å². The number of benzene rings is 1. The number of piperidine rings is 1. The van der Waals surface area contributed by atoms with Crippen LogP contribution in [0.1, 0.15) is 30.2 Å². The lowest BCUT2D eigenvalue weighted by atomic mass is 9.93. The summed E-state index contributed by atoms with van der Waals surface area (Å²) in [6.07, 6.45) is -2.28. The Morgan fingerprint density at radius 2 is 2.00 bits per heavy atom. The van der Waals surface area contributed by atoms with Crippen LogP contribution in [0.15, 0.2) is 35.3 Å². The van der Waals surface area contributed by atoms with Gasteiger partial charge in [0, 0.05) is 29.7 Å². The lowest BCUT2D eigenvalue weighted by molar-refractivity contribution is -0.148. The fourth-order valence-corrected chi connectivity index (χ4v) is 4.81. The molecular formula is C21H29F3N4OS. The first-order chi connectivity index (χ1) is 14.3. The normalized spacial score (nSPS) is 18.0. The lowest BCUT2D eigenvalue weighted by Gasteiger charge is -2.32. The maximum Gasteiger partial charge on any atom is 0.401 e. The largest absolute Gasteiger partial charge is 0.401 e. The smallest absolute Gasteiger partial charge is 0.386 e. The summed E-state index contributed by atoms with van der Waals surface area (Å²) < 4.78 is 38.6. The molecular weight excluding hydrogens is 413 g/mol. The molecule has 1 aliphatic rings. The molecule has 1 aromatic heterocycles.